The largest absolute Gasteiger partial charge is 0.416 e. The van der Waals surface area contributed by atoms with Crippen LogP contribution in [0.2, 0.25) is 0 Å². The summed E-state index contributed by atoms with van der Waals surface area (Å²) in [7, 11) is 0. The zero-order valence-electron chi connectivity index (χ0n) is 23.8. The van der Waals surface area contributed by atoms with Crippen LogP contribution in [-0.2, 0) is 25.6 Å². The van der Waals surface area contributed by atoms with Gasteiger partial charge in [0.2, 0.25) is 23.6 Å². The van der Waals surface area contributed by atoms with E-state index in [9.17, 15) is 42.3 Å². The predicted octanol–water partition coefficient (Wildman–Crippen LogP) is 0.745. The van der Waals surface area contributed by atoms with Crippen molar-refractivity contribution in [2.24, 2.45) is 5.73 Å². The van der Waals surface area contributed by atoms with E-state index in [4.69, 9.17) is 5.73 Å². The normalized spacial score (nSPS) is 12.8. The Bertz CT molecular complexity index is 1180. The van der Waals surface area contributed by atoms with Gasteiger partial charge in [0.1, 0.15) is 6.04 Å². The number of benzene rings is 1. The van der Waals surface area contributed by atoms with Crippen molar-refractivity contribution >= 4 is 29.5 Å². The molecular weight excluding hydrogens is 573 g/mol. The molecule has 236 valence electrons. The highest BCUT2D eigenvalue weighted by atomic mass is 19.4. The second-order valence-corrected chi connectivity index (χ2v) is 9.32. The Hall–Kier alpha value is -4.53. The molecule has 3 unspecified atom stereocenters. The van der Waals surface area contributed by atoms with Crippen LogP contribution in [0.3, 0.4) is 0 Å². The molecular formula is C28H37F3N6O6. The highest BCUT2D eigenvalue weighted by molar-refractivity contribution is 5.97. The zero-order chi connectivity index (χ0) is 32.4. The van der Waals surface area contributed by atoms with Gasteiger partial charge in [-0.05, 0) is 24.1 Å². The van der Waals surface area contributed by atoms with Crippen molar-refractivity contribution in [1.29, 1.82) is 0 Å². The van der Waals surface area contributed by atoms with E-state index < -0.39 is 79.8 Å². The zero-order valence-corrected chi connectivity index (χ0v) is 23.8. The highest BCUT2D eigenvalue weighted by Gasteiger charge is 2.44. The minimum Gasteiger partial charge on any atom is -0.382 e. The van der Waals surface area contributed by atoms with Gasteiger partial charge in [0.25, 0.3) is 5.91 Å². The van der Waals surface area contributed by atoms with Crippen LogP contribution in [0.1, 0.15) is 49.0 Å². The van der Waals surface area contributed by atoms with E-state index in [1.807, 2.05) is 5.32 Å². The number of aliphatic hydroxyl groups excluding tert-OH is 1. The number of aliphatic hydroxyl groups is 1. The first kappa shape index (κ1) is 36.5. The fourth-order valence-corrected chi connectivity index (χ4v) is 3.45. The van der Waals surface area contributed by atoms with E-state index in [2.05, 4.69) is 34.8 Å². The number of rotatable bonds is 14. The van der Waals surface area contributed by atoms with Crippen molar-refractivity contribution in [1.82, 2.24) is 26.3 Å². The third-order valence-corrected chi connectivity index (χ3v) is 5.46. The Morgan fingerprint density at radius 3 is 2.09 bits per heavy atom. The van der Waals surface area contributed by atoms with E-state index in [0.29, 0.717) is 5.56 Å². The standard InChI is InChI=1S/C25H29F3N6O6.C3H8/c26-25(27,28)22(38)17(8-9-19(29)35)33-20(36)14-32-24(40)18(11-15-5-2-1-3-6-15)34-21(37)13-31-23(39)16-7-4-10-30-12-16;1-3-2/h1-7,10,12,17-18,22,38H,8-9,11,13-14H2,(H2,29,35)(H,31,39)(H,32,40)(H,33,36)(H,34,37);3H2,1-2H3. The number of hydrogen-bond donors (Lipinski definition) is 6. The molecule has 12 nitrogen and oxygen atoms in total. The van der Waals surface area contributed by atoms with Crippen molar-refractivity contribution in [3.63, 3.8) is 0 Å². The number of nitrogens with one attached hydrogen (secondary N) is 4. The van der Waals surface area contributed by atoms with Gasteiger partial charge in [-0.2, -0.15) is 13.2 Å². The summed E-state index contributed by atoms with van der Waals surface area (Å²) in [6.45, 7) is 2.97. The van der Waals surface area contributed by atoms with Crippen molar-refractivity contribution in [2.75, 3.05) is 13.1 Å². The van der Waals surface area contributed by atoms with Crippen LogP contribution in [0, 0.1) is 0 Å². The van der Waals surface area contributed by atoms with Crippen molar-refractivity contribution in [3.05, 3.63) is 66.0 Å². The van der Waals surface area contributed by atoms with Gasteiger partial charge in [-0.25, -0.2) is 0 Å². The van der Waals surface area contributed by atoms with E-state index in [-0.39, 0.29) is 12.0 Å². The fourth-order valence-electron chi connectivity index (χ4n) is 3.45. The number of primary amides is 1. The Morgan fingerprint density at radius 1 is 0.930 bits per heavy atom. The third kappa shape index (κ3) is 14.8. The SMILES string of the molecule is CCC.NC(=O)CCC(NC(=O)CNC(=O)C(Cc1ccccc1)NC(=O)CNC(=O)c1cccnc1)C(O)C(F)(F)F. The second-order valence-electron chi connectivity index (χ2n) is 9.32. The molecule has 0 fully saturated rings. The predicted molar refractivity (Wildman–Crippen MR) is 150 cm³/mol. The van der Waals surface area contributed by atoms with E-state index in [1.54, 1.807) is 30.3 Å². The molecule has 5 amide bonds. The average molecular weight is 611 g/mol. The molecule has 1 aromatic heterocycles. The van der Waals surface area contributed by atoms with Gasteiger partial charge in [-0.3, -0.25) is 29.0 Å². The van der Waals surface area contributed by atoms with Gasteiger partial charge >= 0.3 is 6.18 Å². The lowest BCUT2D eigenvalue weighted by Gasteiger charge is -2.26. The number of pyridine rings is 1. The van der Waals surface area contributed by atoms with Crippen molar-refractivity contribution < 1.29 is 42.3 Å². The molecule has 15 heteroatoms. The summed E-state index contributed by atoms with van der Waals surface area (Å²) < 4.78 is 38.9. The van der Waals surface area contributed by atoms with Gasteiger partial charge < -0.3 is 32.1 Å². The topological polar surface area (TPSA) is 193 Å². The smallest absolute Gasteiger partial charge is 0.382 e. The quantitative estimate of drug-likeness (QED) is 0.182. The number of nitrogens with two attached hydrogens (primary N) is 1. The third-order valence-electron chi connectivity index (χ3n) is 5.46. The number of carbonyl (C=O) groups is 5. The first-order valence-electron chi connectivity index (χ1n) is 13.4. The number of carbonyl (C=O) groups excluding carboxylic acids is 5. The fraction of sp³-hybridized carbons (Fsp3) is 0.429. The lowest BCUT2D eigenvalue weighted by Crippen LogP contribution is -2.54. The second kappa shape index (κ2) is 18.8. The lowest BCUT2D eigenvalue weighted by atomic mass is 10.0. The number of amides is 5. The number of nitrogens with zero attached hydrogens (tertiary/aromatic N) is 1. The van der Waals surface area contributed by atoms with Gasteiger partial charge in [0.15, 0.2) is 6.10 Å². The number of hydrogen-bond acceptors (Lipinski definition) is 7. The average Bonchev–Trinajstić information content (AvgIpc) is 2.97. The molecule has 3 atom stereocenters. The van der Waals surface area contributed by atoms with E-state index >= 15 is 0 Å². The van der Waals surface area contributed by atoms with Crippen LogP contribution in [0.25, 0.3) is 0 Å². The van der Waals surface area contributed by atoms with Crippen LogP contribution in [0.4, 0.5) is 13.2 Å². The summed E-state index contributed by atoms with van der Waals surface area (Å²) in [5.74, 6) is -4.15. The Kier molecular flexibility index (Phi) is 16.0. The number of alkyl halides is 3. The molecule has 0 spiro atoms. The monoisotopic (exact) mass is 610 g/mol. The molecule has 2 aromatic rings. The first-order valence-corrected chi connectivity index (χ1v) is 13.4. The van der Waals surface area contributed by atoms with Gasteiger partial charge in [0, 0.05) is 25.2 Å². The molecule has 43 heavy (non-hydrogen) atoms. The summed E-state index contributed by atoms with van der Waals surface area (Å²) in [5, 5.41) is 18.6. The Labute approximate surface area is 247 Å². The summed E-state index contributed by atoms with van der Waals surface area (Å²) in [4.78, 5) is 64.6. The molecule has 0 aliphatic carbocycles. The Balaban J connectivity index is 0.00000295. The maximum atomic E-state index is 13.0. The van der Waals surface area contributed by atoms with E-state index in [1.165, 1.54) is 30.9 Å². The molecule has 2 rings (SSSR count). The Morgan fingerprint density at radius 2 is 1.53 bits per heavy atom. The highest BCUT2D eigenvalue weighted by Crippen LogP contribution is 2.24. The summed E-state index contributed by atoms with van der Waals surface area (Å²) >= 11 is 0. The van der Waals surface area contributed by atoms with Crippen LogP contribution in [0.5, 0.6) is 0 Å². The van der Waals surface area contributed by atoms with Gasteiger partial charge in [-0.15, -0.1) is 0 Å². The van der Waals surface area contributed by atoms with Crippen molar-refractivity contribution in [2.45, 2.75) is 63.9 Å². The van der Waals surface area contributed by atoms with Crippen LogP contribution in [0.15, 0.2) is 54.9 Å². The lowest BCUT2D eigenvalue weighted by molar-refractivity contribution is -0.212. The number of halogens is 3. The maximum absolute atomic E-state index is 13.0. The summed E-state index contributed by atoms with van der Waals surface area (Å²) in [6, 6.07) is 8.43. The molecule has 0 bridgehead atoms. The maximum Gasteiger partial charge on any atom is 0.416 e. The summed E-state index contributed by atoms with van der Waals surface area (Å²) in [6.07, 6.45) is -5.17. The molecule has 0 radical (unpaired) electrons. The minimum atomic E-state index is -5.09. The van der Waals surface area contributed by atoms with E-state index in [0.717, 1.165) is 0 Å². The molecule has 0 aliphatic heterocycles. The number of aromatic nitrogens is 1. The molecule has 7 N–H and O–H groups in total. The van der Waals surface area contributed by atoms with Gasteiger partial charge in [-0.1, -0.05) is 50.6 Å². The van der Waals surface area contributed by atoms with Crippen LogP contribution < -0.4 is 27.0 Å². The molecule has 0 saturated heterocycles. The molecule has 0 aliphatic rings. The van der Waals surface area contributed by atoms with Crippen LogP contribution in [-0.4, -0.2) is 77.1 Å². The molecule has 1 heterocycles. The molecule has 1 aromatic carbocycles. The molecule has 0 saturated carbocycles. The first-order chi connectivity index (χ1) is 20.3. The van der Waals surface area contributed by atoms with Gasteiger partial charge in [0.05, 0.1) is 24.7 Å². The minimum absolute atomic E-state index is 0.00932. The van der Waals surface area contributed by atoms with Crippen molar-refractivity contribution in [3.8, 4) is 0 Å². The van der Waals surface area contributed by atoms with Crippen LogP contribution >= 0.6 is 0 Å². The summed E-state index contributed by atoms with van der Waals surface area (Å²) in [5.41, 5.74) is 5.81.